The first-order valence-electron chi connectivity index (χ1n) is 8.30. The third-order valence-corrected chi connectivity index (χ3v) is 4.62. The SMILES string of the molecule is O=C(O)c1cc(N=Nc2ccc(N=Nc3ccc(S(=O)(=O)O)cc3)cc2)ccc1O.[Na].[Na]. The zero-order valence-corrected chi connectivity index (χ0v) is 21.9. The van der Waals surface area contributed by atoms with Gasteiger partial charge in [-0.05, 0) is 66.7 Å². The van der Waals surface area contributed by atoms with Gasteiger partial charge in [-0.2, -0.15) is 28.9 Å². The molecule has 154 valence electrons. The van der Waals surface area contributed by atoms with Crippen molar-refractivity contribution in [2.45, 2.75) is 4.90 Å². The van der Waals surface area contributed by atoms with E-state index in [2.05, 4.69) is 20.5 Å². The van der Waals surface area contributed by atoms with Crippen LogP contribution < -0.4 is 0 Å². The summed E-state index contributed by atoms with van der Waals surface area (Å²) < 4.78 is 31.0. The third kappa shape index (κ3) is 7.87. The molecule has 0 aromatic heterocycles. The standard InChI is InChI=1S/C19H14N4O6S.2Na/c24-18-10-7-15(11-17(18)19(25)26)23-22-13-3-1-12(2-4-13)20-21-14-5-8-16(9-6-14)30(27,28)29;;/h1-11,24H,(H,25,26)(H,27,28,29);;. The monoisotopic (exact) mass is 472 g/mol. The van der Waals surface area contributed by atoms with Gasteiger partial charge in [0.15, 0.2) is 0 Å². The largest absolute Gasteiger partial charge is 0.507 e. The van der Waals surface area contributed by atoms with Crippen molar-refractivity contribution in [1.82, 2.24) is 0 Å². The van der Waals surface area contributed by atoms with Gasteiger partial charge in [-0.15, -0.1) is 0 Å². The molecule has 0 heterocycles. The van der Waals surface area contributed by atoms with E-state index in [0.717, 1.165) is 0 Å². The number of phenols is 1. The molecule has 2 radical (unpaired) electrons. The van der Waals surface area contributed by atoms with Crippen LogP contribution in [-0.2, 0) is 10.1 Å². The van der Waals surface area contributed by atoms with Gasteiger partial charge in [0.1, 0.15) is 11.3 Å². The Balaban J connectivity index is 0.00000256. The first-order chi connectivity index (χ1) is 14.2. The van der Waals surface area contributed by atoms with Gasteiger partial charge >= 0.3 is 5.97 Å². The van der Waals surface area contributed by atoms with E-state index in [-0.39, 0.29) is 81.0 Å². The van der Waals surface area contributed by atoms with Gasteiger partial charge in [0.2, 0.25) is 0 Å². The molecule has 0 spiro atoms. The van der Waals surface area contributed by atoms with Gasteiger partial charge in [0, 0.05) is 59.1 Å². The molecule has 10 nitrogen and oxygen atoms in total. The van der Waals surface area contributed by atoms with Gasteiger partial charge in [-0.25, -0.2) is 4.79 Å². The average molecular weight is 472 g/mol. The van der Waals surface area contributed by atoms with Crippen LogP contribution in [0.15, 0.2) is 92.1 Å². The number of nitrogens with zero attached hydrogens (tertiary/aromatic N) is 4. The molecule has 0 aliphatic heterocycles. The summed E-state index contributed by atoms with van der Waals surface area (Å²) >= 11 is 0. The van der Waals surface area contributed by atoms with Crippen LogP contribution in [0, 0.1) is 0 Å². The number of benzene rings is 3. The number of hydrogen-bond donors (Lipinski definition) is 3. The van der Waals surface area contributed by atoms with Crippen LogP contribution >= 0.6 is 0 Å². The first kappa shape index (κ1) is 28.1. The topological polar surface area (TPSA) is 161 Å². The minimum absolute atomic E-state index is 0. The molecule has 3 aromatic rings. The van der Waals surface area contributed by atoms with E-state index < -0.39 is 16.1 Å². The maximum absolute atomic E-state index is 11.0. The zero-order valence-electron chi connectivity index (χ0n) is 17.1. The van der Waals surface area contributed by atoms with Crippen molar-refractivity contribution in [2.24, 2.45) is 20.5 Å². The van der Waals surface area contributed by atoms with Crippen LogP contribution in [0.25, 0.3) is 0 Å². The number of hydrogen-bond acceptors (Lipinski definition) is 8. The predicted octanol–water partition coefficient (Wildman–Crippen LogP) is 4.41. The molecule has 0 unspecified atom stereocenters. The maximum atomic E-state index is 11.0. The van der Waals surface area contributed by atoms with Crippen molar-refractivity contribution in [3.63, 3.8) is 0 Å². The number of carboxylic acid groups (broad SMARTS) is 1. The van der Waals surface area contributed by atoms with Crippen LogP contribution in [0.2, 0.25) is 0 Å². The average Bonchev–Trinajstić information content (AvgIpc) is 2.72. The van der Waals surface area contributed by atoms with Gasteiger partial charge < -0.3 is 10.2 Å². The summed E-state index contributed by atoms with van der Waals surface area (Å²) in [5.41, 5.74) is 1.38. The fraction of sp³-hybridized carbons (Fsp3) is 0. The molecular formula is C19H14N4Na2O6S. The van der Waals surface area contributed by atoms with E-state index >= 15 is 0 Å². The van der Waals surface area contributed by atoms with Crippen LogP contribution in [0.3, 0.4) is 0 Å². The molecule has 3 N–H and O–H groups in total. The molecule has 13 heteroatoms. The normalized spacial score (nSPS) is 11.2. The summed E-state index contributed by atoms with van der Waals surface area (Å²) in [5.74, 6) is -1.63. The van der Waals surface area contributed by atoms with Crippen molar-refractivity contribution in [1.29, 1.82) is 0 Å². The van der Waals surface area contributed by atoms with Crippen LogP contribution in [0.5, 0.6) is 5.75 Å². The summed E-state index contributed by atoms with van der Waals surface area (Å²) in [6.07, 6.45) is 0. The molecule has 0 amide bonds. The maximum Gasteiger partial charge on any atom is 0.339 e. The summed E-state index contributed by atoms with van der Waals surface area (Å²) in [5, 5.41) is 34.4. The molecular weight excluding hydrogens is 458 g/mol. The summed E-state index contributed by atoms with van der Waals surface area (Å²) in [4.78, 5) is 10.8. The van der Waals surface area contributed by atoms with Gasteiger partial charge in [-0.3, -0.25) is 4.55 Å². The Hall–Kier alpha value is -1.96. The van der Waals surface area contributed by atoms with E-state index in [9.17, 15) is 18.3 Å². The second kappa shape index (κ2) is 12.3. The molecule has 0 bridgehead atoms. The minimum atomic E-state index is -4.26. The molecule has 0 fully saturated rings. The van der Waals surface area contributed by atoms with Crippen LogP contribution in [0.4, 0.5) is 22.7 Å². The number of carbonyl (C=O) groups is 1. The number of carboxylic acids is 1. The minimum Gasteiger partial charge on any atom is -0.507 e. The van der Waals surface area contributed by atoms with Crippen LogP contribution in [-0.4, -0.2) is 88.3 Å². The third-order valence-electron chi connectivity index (χ3n) is 3.76. The summed E-state index contributed by atoms with van der Waals surface area (Å²) in [6, 6.07) is 15.6. The summed E-state index contributed by atoms with van der Waals surface area (Å²) in [7, 11) is -4.26. The Labute approximate surface area is 227 Å². The number of aromatic carboxylic acids is 1. The number of aromatic hydroxyl groups is 1. The van der Waals surface area contributed by atoms with Crippen molar-refractivity contribution in [3.05, 3.63) is 72.3 Å². The van der Waals surface area contributed by atoms with E-state index in [4.69, 9.17) is 9.66 Å². The van der Waals surface area contributed by atoms with Crippen LogP contribution in [0.1, 0.15) is 10.4 Å². The van der Waals surface area contributed by atoms with Crippen molar-refractivity contribution in [3.8, 4) is 5.75 Å². The molecule has 0 aliphatic carbocycles. The van der Waals surface area contributed by atoms with E-state index in [0.29, 0.717) is 17.1 Å². The Kier molecular flexibility index (Phi) is 10.8. The fourth-order valence-corrected chi connectivity index (χ4v) is 2.74. The molecule has 0 saturated carbocycles. The number of azo groups is 2. The van der Waals surface area contributed by atoms with E-state index in [1.54, 1.807) is 24.3 Å². The zero-order chi connectivity index (χ0) is 21.7. The molecule has 0 atom stereocenters. The molecule has 3 rings (SSSR count). The molecule has 0 aliphatic rings. The molecule has 0 saturated heterocycles. The number of rotatable bonds is 6. The van der Waals surface area contributed by atoms with E-state index in [1.807, 2.05) is 0 Å². The fourth-order valence-electron chi connectivity index (χ4n) is 2.26. The quantitative estimate of drug-likeness (QED) is 0.274. The Bertz CT molecular complexity index is 1250. The van der Waals surface area contributed by atoms with Gasteiger partial charge in [0.25, 0.3) is 10.1 Å². The van der Waals surface area contributed by atoms with Crippen molar-refractivity contribution < 1.29 is 28.0 Å². The van der Waals surface area contributed by atoms with E-state index in [1.165, 1.54) is 42.5 Å². The first-order valence-corrected chi connectivity index (χ1v) is 9.74. The smallest absolute Gasteiger partial charge is 0.339 e. The summed E-state index contributed by atoms with van der Waals surface area (Å²) in [6.45, 7) is 0. The molecule has 32 heavy (non-hydrogen) atoms. The Morgan fingerprint density at radius 3 is 1.47 bits per heavy atom. The van der Waals surface area contributed by atoms with Gasteiger partial charge in [-0.1, -0.05) is 0 Å². The molecule has 3 aromatic carbocycles. The second-order valence-corrected chi connectivity index (χ2v) is 7.31. The van der Waals surface area contributed by atoms with Crippen molar-refractivity contribution in [2.75, 3.05) is 0 Å². The van der Waals surface area contributed by atoms with Crippen molar-refractivity contribution >= 4 is 98.0 Å². The Morgan fingerprint density at radius 2 is 1.06 bits per heavy atom. The Morgan fingerprint density at radius 1 is 0.688 bits per heavy atom. The second-order valence-electron chi connectivity index (χ2n) is 5.89. The van der Waals surface area contributed by atoms with Gasteiger partial charge in [0.05, 0.1) is 27.6 Å². The predicted molar refractivity (Wildman–Crippen MR) is 118 cm³/mol.